The Morgan fingerprint density at radius 1 is 1.06 bits per heavy atom. The monoisotopic (exact) mass is 276 g/mol. The molecule has 0 aliphatic rings. The van der Waals surface area contributed by atoms with Gasteiger partial charge in [0.2, 0.25) is 0 Å². The molecule has 17 heavy (non-hydrogen) atoms. The molecule has 6 heteroatoms. The Hall–Kier alpha value is -0.880. The molecular weight excluding hydrogens is 260 g/mol. The minimum absolute atomic E-state index is 0.117. The Labute approximate surface area is 103 Å². The van der Waals surface area contributed by atoms with Crippen LogP contribution in [0, 0.1) is 0 Å². The predicted molar refractivity (Wildman–Crippen MR) is 68.2 cm³/mol. The first kappa shape index (κ1) is 14.2. The van der Waals surface area contributed by atoms with Crippen molar-refractivity contribution in [2.45, 2.75) is 17.9 Å². The standard InChI is InChI=1S/C11H16O4S2/c1-10(16(2,12)13)8-17(14,15)9-11-6-4-3-5-7-11/h3-7,10H,8-9H2,1-2H3. The summed E-state index contributed by atoms with van der Waals surface area (Å²) in [5.74, 6) is -0.450. The van der Waals surface area contributed by atoms with Crippen LogP contribution in [-0.4, -0.2) is 34.1 Å². The Bertz CT molecular complexity index is 559. The fraction of sp³-hybridized carbons (Fsp3) is 0.455. The lowest BCUT2D eigenvalue weighted by Gasteiger charge is -2.10. The molecule has 4 nitrogen and oxygen atoms in total. The number of hydrogen-bond donors (Lipinski definition) is 0. The lowest BCUT2D eigenvalue weighted by atomic mass is 10.2. The predicted octanol–water partition coefficient (Wildman–Crippen LogP) is 1.03. The minimum Gasteiger partial charge on any atom is -0.229 e. The normalized spacial score (nSPS) is 14.5. The number of hydrogen-bond acceptors (Lipinski definition) is 4. The largest absolute Gasteiger partial charge is 0.229 e. The van der Waals surface area contributed by atoms with Gasteiger partial charge in [-0.3, -0.25) is 0 Å². The van der Waals surface area contributed by atoms with Gasteiger partial charge in [-0.25, -0.2) is 16.8 Å². The van der Waals surface area contributed by atoms with E-state index in [1.54, 1.807) is 30.3 Å². The van der Waals surface area contributed by atoms with E-state index in [0.717, 1.165) is 6.26 Å². The Kier molecular flexibility index (Phi) is 4.32. The van der Waals surface area contributed by atoms with Crippen molar-refractivity contribution < 1.29 is 16.8 Å². The fourth-order valence-corrected chi connectivity index (χ4v) is 4.51. The van der Waals surface area contributed by atoms with Crippen LogP contribution in [0.5, 0.6) is 0 Å². The molecule has 0 heterocycles. The van der Waals surface area contributed by atoms with Crippen LogP contribution in [0.15, 0.2) is 30.3 Å². The average Bonchev–Trinajstić information content (AvgIpc) is 2.16. The minimum atomic E-state index is -3.40. The molecule has 0 bridgehead atoms. The van der Waals surface area contributed by atoms with Gasteiger partial charge in [0.05, 0.1) is 16.8 Å². The van der Waals surface area contributed by atoms with E-state index < -0.39 is 24.9 Å². The molecule has 0 saturated carbocycles. The summed E-state index contributed by atoms with van der Waals surface area (Å²) in [5, 5.41) is -0.865. The third-order valence-corrected chi connectivity index (χ3v) is 6.07. The van der Waals surface area contributed by atoms with Gasteiger partial charge in [-0.05, 0) is 12.5 Å². The molecule has 0 aliphatic heterocycles. The maximum absolute atomic E-state index is 11.8. The van der Waals surface area contributed by atoms with Crippen LogP contribution in [0.4, 0.5) is 0 Å². The van der Waals surface area contributed by atoms with Crippen molar-refractivity contribution in [3.05, 3.63) is 35.9 Å². The van der Waals surface area contributed by atoms with Crippen LogP contribution in [0.3, 0.4) is 0 Å². The highest BCUT2D eigenvalue weighted by atomic mass is 32.2. The Morgan fingerprint density at radius 3 is 2.06 bits per heavy atom. The molecule has 0 aliphatic carbocycles. The van der Waals surface area contributed by atoms with Crippen LogP contribution in [0.25, 0.3) is 0 Å². The highest BCUT2D eigenvalue weighted by molar-refractivity contribution is 7.94. The van der Waals surface area contributed by atoms with E-state index in [9.17, 15) is 16.8 Å². The van der Waals surface area contributed by atoms with Crippen molar-refractivity contribution in [3.63, 3.8) is 0 Å². The van der Waals surface area contributed by atoms with Crippen molar-refractivity contribution in [2.75, 3.05) is 12.0 Å². The SMILES string of the molecule is CC(CS(=O)(=O)Cc1ccccc1)S(C)(=O)=O. The smallest absolute Gasteiger partial charge is 0.155 e. The third kappa shape index (κ3) is 4.87. The zero-order valence-corrected chi connectivity index (χ0v) is 11.5. The van der Waals surface area contributed by atoms with Crippen molar-refractivity contribution in [1.82, 2.24) is 0 Å². The zero-order chi connectivity index (χ0) is 13.1. The first-order chi connectivity index (χ1) is 7.71. The third-order valence-electron chi connectivity index (χ3n) is 2.45. The summed E-state index contributed by atoms with van der Waals surface area (Å²) >= 11 is 0. The summed E-state index contributed by atoms with van der Waals surface area (Å²) in [6, 6.07) is 8.73. The number of rotatable bonds is 5. The number of benzene rings is 1. The molecule has 1 rings (SSSR count). The fourth-order valence-electron chi connectivity index (χ4n) is 1.37. The van der Waals surface area contributed by atoms with E-state index in [-0.39, 0.29) is 11.5 Å². The van der Waals surface area contributed by atoms with Gasteiger partial charge >= 0.3 is 0 Å². The van der Waals surface area contributed by atoms with Gasteiger partial charge in [0.15, 0.2) is 19.7 Å². The van der Waals surface area contributed by atoms with Gasteiger partial charge in [0.1, 0.15) is 0 Å². The summed E-state index contributed by atoms with van der Waals surface area (Å²) in [5.41, 5.74) is 0.674. The maximum Gasteiger partial charge on any atom is 0.155 e. The Morgan fingerprint density at radius 2 is 1.59 bits per heavy atom. The van der Waals surface area contributed by atoms with Crippen LogP contribution >= 0.6 is 0 Å². The van der Waals surface area contributed by atoms with Crippen molar-refractivity contribution in [3.8, 4) is 0 Å². The molecule has 0 saturated heterocycles. The van der Waals surface area contributed by atoms with E-state index in [1.165, 1.54) is 6.92 Å². The van der Waals surface area contributed by atoms with Gasteiger partial charge < -0.3 is 0 Å². The topological polar surface area (TPSA) is 68.3 Å². The highest BCUT2D eigenvalue weighted by Crippen LogP contribution is 2.10. The van der Waals surface area contributed by atoms with E-state index in [4.69, 9.17) is 0 Å². The van der Waals surface area contributed by atoms with Crippen LogP contribution < -0.4 is 0 Å². The van der Waals surface area contributed by atoms with E-state index in [2.05, 4.69) is 0 Å². The van der Waals surface area contributed by atoms with Gasteiger partial charge in [-0.1, -0.05) is 30.3 Å². The molecular formula is C11H16O4S2. The van der Waals surface area contributed by atoms with Crippen molar-refractivity contribution in [2.24, 2.45) is 0 Å². The van der Waals surface area contributed by atoms with E-state index >= 15 is 0 Å². The molecule has 1 aromatic rings. The zero-order valence-electron chi connectivity index (χ0n) is 9.83. The molecule has 0 spiro atoms. The second-order valence-electron chi connectivity index (χ2n) is 4.18. The van der Waals surface area contributed by atoms with Crippen LogP contribution in [0.2, 0.25) is 0 Å². The summed E-state index contributed by atoms with van der Waals surface area (Å²) in [4.78, 5) is 0. The van der Waals surface area contributed by atoms with E-state index in [0.29, 0.717) is 5.56 Å². The second-order valence-corrected chi connectivity index (χ2v) is 8.75. The molecule has 1 unspecified atom stereocenters. The first-order valence-electron chi connectivity index (χ1n) is 5.14. The van der Waals surface area contributed by atoms with E-state index in [1.807, 2.05) is 0 Å². The summed E-state index contributed by atoms with van der Waals surface area (Å²) in [6.45, 7) is 1.41. The molecule has 1 atom stereocenters. The summed E-state index contributed by atoms with van der Waals surface area (Å²) in [6.07, 6.45) is 1.05. The maximum atomic E-state index is 11.8. The summed E-state index contributed by atoms with van der Waals surface area (Å²) in [7, 11) is -6.70. The van der Waals surface area contributed by atoms with Crippen molar-refractivity contribution >= 4 is 19.7 Å². The molecule has 1 aromatic carbocycles. The van der Waals surface area contributed by atoms with Gasteiger partial charge in [-0.15, -0.1) is 0 Å². The lowest BCUT2D eigenvalue weighted by Crippen LogP contribution is -2.26. The molecule has 0 amide bonds. The van der Waals surface area contributed by atoms with Gasteiger partial charge in [-0.2, -0.15) is 0 Å². The van der Waals surface area contributed by atoms with Gasteiger partial charge in [0.25, 0.3) is 0 Å². The molecule has 96 valence electrons. The Balaban J connectivity index is 2.78. The summed E-state index contributed by atoms with van der Waals surface area (Å²) < 4.78 is 46.0. The quantitative estimate of drug-likeness (QED) is 0.805. The molecule has 0 radical (unpaired) electrons. The number of sulfone groups is 2. The van der Waals surface area contributed by atoms with Crippen LogP contribution in [-0.2, 0) is 25.4 Å². The first-order valence-corrected chi connectivity index (χ1v) is 8.91. The lowest BCUT2D eigenvalue weighted by molar-refractivity contribution is 0.580. The second kappa shape index (κ2) is 5.18. The van der Waals surface area contributed by atoms with Gasteiger partial charge in [0, 0.05) is 6.26 Å². The molecule has 0 N–H and O–H groups in total. The van der Waals surface area contributed by atoms with Crippen LogP contribution in [0.1, 0.15) is 12.5 Å². The average molecular weight is 276 g/mol. The van der Waals surface area contributed by atoms with Crippen molar-refractivity contribution in [1.29, 1.82) is 0 Å². The highest BCUT2D eigenvalue weighted by Gasteiger charge is 2.23. The molecule has 0 fully saturated rings. The molecule has 0 aromatic heterocycles.